The summed E-state index contributed by atoms with van der Waals surface area (Å²) in [5, 5.41) is 20.4. The van der Waals surface area contributed by atoms with E-state index in [0.717, 1.165) is 0 Å². The summed E-state index contributed by atoms with van der Waals surface area (Å²) in [7, 11) is 0. The van der Waals surface area contributed by atoms with Crippen LogP contribution in [0.5, 0.6) is 11.5 Å². The molecule has 0 spiro atoms. The van der Waals surface area contributed by atoms with Crippen LogP contribution in [0.4, 0.5) is 19.3 Å². The van der Waals surface area contributed by atoms with E-state index in [0.29, 0.717) is 11.3 Å². The smallest absolute Gasteiger partial charge is 0.415 e. The first kappa shape index (κ1) is 20.6. The summed E-state index contributed by atoms with van der Waals surface area (Å²) in [5.41, 5.74) is 0.966. The third-order valence-electron chi connectivity index (χ3n) is 4.96. The number of ether oxygens (including phenoxy) is 2. The topological polar surface area (TPSA) is 79.2 Å². The molecule has 8 heteroatoms. The molecule has 0 bridgehead atoms. The molecule has 3 atom stereocenters. The van der Waals surface area contributed by atoms with E-state index in [1.807, 2.05) is 0 Å². The third kappa shape index (κ3) is 4.44. The highest BCUT2D eigenvalue weighted by Crippen LogP contribution is 2.39. The Hall–Kier alpha value is -3.65. The van der Waals surface area contributed by atoms with Crippen LogP contribution in [-0.2, 0) is 4.74 Å². The molecule has 1 fully saturated rings. The fraction of sp³-hybridized carbons (Fsp3) is 0.174. The number of aliphatic hydroxyl groups excluding tert-OH is 1. The van der Waals surface area contributed by atoms with Gasteiger partial charge in [0.2, 0.25) is 0 Å². The second-order valence-corrected chi connectivity index (χ2v) is 7.07. The number of aromatic hydroxyl groups is 1. The van der Waals surface area contributed by atoms with E-state index in [-0.39, 0.29) is 18.1 Å². The number of hydrogen-bond donors (Lipinski definition) is 2. The average molecular weight is 427 g/mol. The van der Waals surface area contributed by atoms with E-state index in [1.165, 1.54) is 59.5 Å². The molecule has 31 heavy (non-hydrogen) atoms. The van der Waals surface area contributed by atoms with Crippen molar-refractivity contribution in [2.24, 2.45) is 0 Å². The lowest BCUT2D eigenvalue weighted by Gasteiger charge is -2.27. The predicted molar refractivity (Wildman–Crippen MR) is 108 cm³/mol. The second kappa shape index (κ2) is 8.61. The number of anilines is 1. The zero-order valence-corrected chi connectivity index (χ0v) is 16.2. The van der Waals surface area contributed by atoms with Gasteiger partial charge in [-0.25, -0.2) is 13.6 Å². The van der Waals surface area contributed by atoms with Crippen LogP contribution < -0.4 is 9.64 Å². The van der Waals surface area contributed by atoms with Gasteiger partial charge in [-0.1, -0.05) is 18.2 Å². The van der Waals surface area contributed by atoms with Gasteiger partial charge in [-0.3, -0.25) is 4.90 Å². The maximum atomic E-state index is 13.4. The number of phenolic OH excluding ortho intramolecular Hbond substituents is 1. The number of rotatable bonds is 6. The number of amides is 1. The van der Waals surface area contributed by atoms with Gasteiger partial charge in [-0.15, -0.1) is 0 Å². The van der Waals surface area contributed by atoms with Gasteiger partial charge in [0.1, 0.15) is 41.9 Å². The Morgan fingerprint density at radius 2 is 1.71 bits per heavy atom. The maximum Gasteiger partial charge on any atom is 0.415 e. The second-order valence-electron chi connectivity index (χ2n) is 7.07. The van der Waals surface area contributed by atoms with E-state index in [1.54, 1.807) is 18.2 Å². The van der Waals surface area contributed by atoms with Gasteiger partial charge in [0.25, 0.3) is 0 Å². The zero-order valence-electron chi connectivity index (χ0n) is 16.2. The Balaban J connectivity index is 1.62. The Labute approximate surface area is 176 Å². The van der Waals surface area contributed by atoms with Crippen molar-refractivity contribution in [1.82, 2.24) is 0 Å². The number of aliphatic hydroxyl groups is 1. The highest BCUT2D eigenvalue weighted by Gasteiger charge is 2.47. The monoisotopic (exact) mass is 427 g/mol. The standard InChI is InChI=1S/C23H19F2NO5/c24-15-6-8-17(9-7-15)26-21(14-4-10-18(27)11-5-14)22(31-23(26)29)20(28)13-30-19-3-1-2-16(25)12-19/h1-12,20-22,27-28H,13H2. The molecule has 3 aromatic rings. The first-order valence-electron chi connectivity index (χ1n) is 9.53. The van der Waals surface area contributed by atoms with Gasteiger partial charge in [-0.05, 0) is 54.1 Å². The van der Waals surface area contributed by atoms with Crippen LogP contribution in [0.15, 0.2) is 72.8 Å². The van der Waals surface area contributed by atoms with Crippen molar-refractivity contribution >= 4 is 11.8 Å². The van der Waals surface area contributed by atoms with Crippen molar-refractivity contribution in [3.05, 3.63) is 90.0 Å². The third-order valence-corrected chi connectivity index (χ3v) is 4.96. The highest BCUT2D eigenvalue weighted by molar-refractivity contribution is 5.91. The molecular formula is C23H19F2NO5. The summed E-state index contributed by atoms with van der Waals surface area (Å²) in [6.07, 6.45) is -3.01. The lowest BCUT2D eigenvalue weighted by molar-refractivity contribution is -0.00651. The first-order chi connectivity index (χ1) is 14.9. The summed E-state index contributed by atoms with van der Waals surface area (Å²) in [6, 6.07) is 16.1. The molecule has 3 unspecified atom stereocenters. The number of phenols is 1. The van der Waals surface area contributed by atoms with Gasteiger partial charge < -0.3 is 19.7 Å². The minimum absolute atomic E-state index is 0.0360. The fourth-order valence-electron chi connectivity index (χ4n) is 3.50. The van der Waals surface area contributed by atoms with Crippen molar-refractivity contribution in [3.8, 4) is 11.5 Å². The summed E-state index contributed by atoms with van der Waals surface area (Å²) < 4.78 is 37.7. The molecular weight excluding hydrogens is 408 g/mol. The molecule has 0 aliphatic carbocycles. The van der Waals surface area contributed by atoms with Gasteiger partial charge in [0, 0.05) is 11.8 Å². The molecule has 1 aliphatic rings. The summed E-state index contributed by atoms with van der Waals surface area (Å²) in [4.78, 5) is 14.0. The van der Waals surface area contributed by atoms with E-state index in [9.17, 15) is 23.8 Å². The largest absolute Gasteiger partial charge is 0.508 e. The summed E-state index contributed by atoms with van der Waals surface area (Å²) in [5.74, 6) is -0.685. The number of nitrogens with zero attached hydrogens (tertiary/aromatic N) is 1. The number of halogens is 2. The molecule has 1 heterocycles. The van der Waals surface area contributed by atoms with Crippen LogP contribution in [0.25, 0.3) is 0 Å². The van der Waals surface area contributed by atoms with Crippen molar-refractivity contribution in [1.29, 1.82) is 0 Å². The molecule has 3 aromatic carbocycles. The Morgan fingerprint density at radius 1 is 1.00 bits per heavy atom. The first-order valence-corrected chi connectivity index (χ1v) is 9.53. The fourth-order valence-corrected chi connectivity index (χ4v) is 3.50. The molecule has 0 saturated carbocycles. The maximum absolute atomic E-state index is 13.4. The van der Waals surface area contributed by atoms with Crippen molar-refractivity contribution in [2.75, 3.05) is 11.5 Å². The van der Waals surface area contributed by atoms with Crippen LogP contribution in [-0.4, -0.2) is 35.1 Å². The van der Waals surface area contributed by atoms with E-state index >= 15 is 0 Å². The molecule has 1 aliphatic heterocycles. The number of hydrogen-bond acceptors (Lipinski definition) is 5. The number of carbonyl (C=O) groups is 1. The quantitative estimate of drug-likeness (QED) is 0.617. The Kier molecular flexibility index (Phi) is 5.73. The average Bonchev–Trinajstić information content (AvgIpc) is 3.10. The summed E-state index contributed by atoms with van der Waals surface area (Å²) >= 11 is 0. The molecule has 1 saturated heterocycles. The van der Waals surface area contributed by atoms with E-state index in [4.69, 9.17) is 9.47 Å². The molecule has 1 amide bonds. The normalized spacial score (nSPS) is 19.2. The summed E-state index contributed by atoms with van der Waals surface area (Å²) in [6.45, 7) is -0.257. The minimum atomic E-state index is -1.25. The van der Waals surface area contributed by atoms with Gasteiger partial charge in [-0.2, -0.15) is 0 Å². The van der Waals surface area contributed by atoms with Gasteiger partial charge in [0.15, 0.2) is 6.10 Å². The van der Waals surface area contributed by atoms with Gasteiger partial charge in [0.05, 0.1) is 0 Å². The molecule has 0 aromatic heterocycles. The van der Waals surface area contributed by atoms with Gasteiger partial charge >= 0.3 is 6.09 Å². The zero-order chi connectivity index (χ0) is 22.0. The molecule has 4 rings (SSSR count). The number of benzene rings is 3. The van der Waals surface area contributed by atoms with Crippen LogP contribution in [0.3, 0.4) is 0 Å². The number of cyclic esters (lactones) is 1. The Morgan fingerprint density at radius 3 is 2.39 bits per heavy atom. The van der Waals surface area contributed by atoms with E-state index < -0.39 is 36.0 Å². The minimum Gasteiger partial charge on any atom is -0.508 e. The Bertz CT molecular complexity index is 1060. The van der Waals surface area contributed by atoms with Crippen LogP contribution in [0.2, 0.25) is 0 Å². The lowest BCUT2D eigenvalue weighted by atomic mass is 9.96. The lowest BCUT2D eigenvalue weighted by Crippen LogP contribution is -2.38. The van der Waals surface area contributed by atoms with Crippen LogP contribution >= 0.6 is 0 Å². The van der Waals surface area contributed by atoms with Crippen LogP contribution in [0.1, 0.15) is 11.6 Å². The molecule has 6 nitrogen and oxygen atoms in total. The van der Waals surface area contributed by atoms with E-state index in [2.05, 4.69) is 0 Å². The molecule has 0 radical (unpaired) electrons. The SMILES string of the molecule is O=C1OC(C(O)COc2cccc(F)c2)C(c2ccc(O)cc2)N1c1ccc(F)cc1. The molecule has 2 N–H and O–H groups in total. The highest BCUT2D eigenvalue weighted by atomic mass is 19.1. The van der Waals surface area contributed by atoms with Crippen molar-refractivity contribution in [2.45, 2.75) is 18.2 Å². The van der Waals surface area contributed by atoms with Crippen molar-refractivity contribution < 1.29 is 33.3 Å². The van der Waals surface area contributed by atoms with Crippen LogP contribution in [0, 0.1) is 11.6 Å². The van der Waals surface area contributed by atoms with Crippen molar-refractivity contribution in [3.63, 3.8) is 0 Å². The number of carbonyl (C=O) groups excluding carboxylic acids is 1. The molecule has 160 valence electrons. The predicted octanol–water partition coefficient (Wildman–Crippen LogP) is 4.18.